The van der Waals surface area contributed by atoms with Gasteiger partial charge in [0.1, 0.15) is 11.5 Å². The maximum atomic E-state index is 12.0. The average molecular weight is 278 g/mol. The average Bonchev–Trinajstić information content (AvgIpc) is 2.46. The summed E-state index contributed by atoms with van der Waals surface area (Å²) in [4.78, 5) is 4.57. The van der Waals surface area contributed by atoms with E-state index in [1.165, 1.54) is 6.20 Å². The van der Waals surface area contributed by atoms with E-state index in [0.29, 0.717) is 17.2 Å². The lowest BCUT2D eigenvalue weighted by Gasteiger charge is -2.29. The van der Waals surface area contributed by atoms with Crippen molar-refractivity contribution < 1.29 is 9.47 Å². The number of terminal acetylenes is 1. The summed E-state index contributed by atoms with van der Waals surface area (Å²) in [5.74, 6) is 3.26. The summed E-state index contributed by atoms with van der Waals surface area (Å²) in [6.07, 6.45) is 6.90. The summed E-state index contributed by atoms with van der Waals surface area (Å²) in [7, 11) is 0. The van der Waals surface area contributed by atoms with Crippen molar-refractivity contribution in [1.82, 2.24) is 0 Å². The van der Waals surface area contributed by atoms with Crippen molar-refractivity contribution in [2.45, 2.75) is 19.6 Å². The van der Waals surface area contributed by atoms with Gasteiger partial charge in [0, 0.05) is 17.7 Å². The monoisotopic (exact) mass is 278 g/mol. The molecule has 0 atom stereocenters. The second kappa shape index (κ2) is 4.64. The van der Waals surface area contributed by atoms with E-state index >= 15 is 0 Å². The normalized spacial score (nSPS) is 15.4. The molecule has 4 nitrogen and oxygen atoms in total. The van der Waals surface area contributed by atoms with Crippen molar-refractivity contribution in [3.63, 3.8) is 0 Å². The minimum atomic E-state index is -0.733. The molecule has 1 aromatic heterocycles. The third kappa shape index (κ3) is 2.34. The van der Waals surface area contributed by atoms with Crippen LogP contribution in [-0.2, 0) is 0 Å². The lowest BCUT2D eigenvalue weighted by molar-refractivity contribution is -0.606. The first-order valence-electron chi connectivity index (χ1n) is 6.59. The number of pyridine rings is 1. The van der Waals surface area contributed by atoms with Crippen LogP contribution in [0.4, 0.5) is 0 Å². The van der Waals surface area contributed by atoms with Crippen molar-refractivity contribution in [2.24, 2.45) is 4.99 Å². The van der Waals surface area contributed by atoms with Gasteiger partial charge in [0.05, 0.1) is 5.56 Å². The molecule has 0 saturated heterocycles. The van der Waals surface area contributed by atoms with Crippen LogP contribution in [0.3, 0.4) is 0 Å². The summed E-state index contributed by atoms with van der Waals surface area (Å²) in [5.41, 5.74) is 1.79. The minimum Gasteiger partial charge on any atom is -0.618 e. The van der Waals surface area contributed by atoms with Gasteiger partial charge >= 0.3 is 0 Å². The standard InChI is InChI=1S/C17H14N2O2/c1-4-12-8-9-15-13(11-12)16(18-17(2,3)21-15)14-7-5-6-10-19(14)20/h1,5-11H,2-3H3. The van der Waals surface area contributed by atoms with Crippen molar-refractivity contribution in [3.8, 4) is 18.1 Å². The van der Waals surface area contributed by atoms with Gasteiger partial charge in [0.25, 0.3) is 0 Å². The topological polar surface area (TPSA) is 48.5 Å². The fourth-order valence-corrected chi connectivity index (χ4v) is 2.32. The van der Waals surface area contributed by atoms with Crippen LogP contribution in [0.15, 0.2) is 47.6 Å². The lowest BCUT2D eigenvalue weighted by Crippen LogP contribution is -2.39. The van der Waals surface area contributed by atoms with E-state index < -0.39 is 5.72 Å². The number of nitrogens with zero attached hydrogens (tertiary/aromatic N) is 2. The van der Waals surface area contributed by atoms with Gasteiger partial charge in [-0.3, -0.25) is 0 Å². The summed E-state index contributed by atoms with van der Waals surface area (Å²) < 4.78 is 6.64. The van der Waals surface area contributed by atoms with Gasteiger partial charge < -0.3 is 9.94 Å². The van der Waals surface area contributed by atoms with Gasteiger partial charge in [-0.25, -0.2) is 4.99 Å². The third-order valence-corrected chi connectivity index (χ3v) is 3.21. The zero-order valence-electron chi connectivity index (χ0n) is 11.8. The number of fused-ring (bicyclic) bond motifs is 1. The van der Waals surface area contributed by atoms with E-state index in [9.17, 15) is 5.21 Å². The van der Waals surface area contributed by atoms with E-state index in [2.05, 4.69) is 10.9 Å². The first kappa shape index (κ1) is 13.2. The molecule has 0 bridgehead atoms. The number of aliphatic imine (C=N–C) groups is 1. The molecule has 0 aliphatic carbocycles. The molecule has 0 spiro atoms. The molecule has 2 aromatic rings. The quantitative estimate of drug-likeness (QED) is 0.456. The Balaban J connectivity index is 2.26. The number of benzene rings is 1. The Morgan fingerprint density at radius 1 is 1.29 bits per heavy atom. The second-order valence-electron chi connectivity index (χ2n) is 5.28. The first-order valence-corrected chi connectivity index (χ1v) is 6.59. The Bertz CT molecular complexity index is 786. The minimum absolute atomic E-state index is 0.476. The summed E-state index contributed by atoms with van der Waals surface area (Å²) >= 11 is 0. The third-order valence-electron chi connectivity index (χ3n) is 3.21. The smallest absolute Gasteiger partial charge is 0.242 e. The molecule has 1 aliphatic rings. The van der Waals surface area contributed by atoms with Crippen LogP contribution in [0.2, 0.25) is 0 Å². The largest absolute Gasteiger partial charge is 0.618 e. The molecule has 4 heteroatoms. The van der Waals surface area contributed by atoms with Crippen LogP contribution in [0, 0.1) is 17.6 Å². The van der Waals surface area contributed by atoms with E-state index in [4.69, 9.17) is 11.2 Å². The highest BCUT2D eigenvalue weighted by Gasteiger charge is 2.31. The number of hydrogen-bond donors (Lipinski definition) is 0. The molecule has 0 N–H and O–H groups in total. The van der Waals surface area contributed by atoms with Crippen LogP contribution in [-0.4, -0.2) is 11.4 Å². The molecule has 1 aliphatic heterocycles. The number of aromatic nitrogens is 1. The van der Waals surface area contributed by atoms with Crippen LogP contribution < -0.4 is 9.47 Å². The maximum absolute atomic E-state index is 12.0. The molecule has 0 saturated carbocycles. The Kier molecular flexibility index (Phi) is 2.91. The first-order chi connectivity index (χ1) is 10.00. The highest BCUT2D eigenvalue weighted by atomic mass is 16.5. The van der Waals surface area contributed by atoms with Crippen LogP contribution in [0.25, 0.3) is 0 Å². The molecule has 0 fully saturated rings. The molecule has 3 rings (SSSR count). The van der Waals surface area contributed by atoms with Crippen LogP contribution in [0.1, 0.15) is 30.7 Å². The van der Waals surface area contributed by atoms with Gasteiger partial charge in [0.15, 0.2) is 11.9 Å². The van der Waals surface area contributed by atoms with E-state index in [1.54, 1.807) is 18.2 Å². The zero-order chi connectivity index (χ0) is 15.0. The lowest BCUT2D eigenvalue weighted by atomic mass is 10.00. The van der Waals surface area contributed by atoms with Crippen LogP contribution in [0.5, 0.6) is 5.75 Å². The molecule has 0 amide bonds. The predicted molar refractivity (Wildman–Crippen MR) is 80.1 cm³/mol. The van der Waals surface area contributed by atoms with Gasteiger partial charge in [-0.05, 0) is 38.1 Å². The SMILES string of the molecule is C#Cc1ccc2c(c1)C(c1cccc[n+]1[O-])=NC(C)(C)O2. The van der Waals surface area contributed by atoms with Crippen molar-refractivity contribution >= 4 is 5.71 Å². The molecule has 104 valence electrons. The summed E-state index contributed by atoms with van der Waals surface area (Å²) in [5, 5.41) is 12.0. The van der Waals surface area contributed by atoms with Crippen molar-refractivity contribution in [2.75, 3.05) is 0 Å². The highest BCUT2D eigenvalue weighted by Crippen LogP contribution is 2.32. The Hall–Kier alpha value is -2.80. The fraction of sp³-hybridized carbons (Fsp3) is 0.176. The molecule has 0 radical (unpaired) electrons. The van der Waals surface area contributed by atoms with Gasteiger partial charge in [-0.1, -0.05) is 5.92 Å². The Morgan fingerprint density at radius 2 is 2.10 bits per heavy atom. The van der Waals surface area contributed by atoms with E-state index in [0.717, 1.165) is 15.9 Å². The molecule has 2 heterocycles. The molecule has 0 unspecified atom stereocenters. The summed E-state index contributed by atoms with van der Waals surface area (Å²) in [6, 6.07) is 10.7. The van der Waals surface area contributed by atoms with Gasteiger partial charge in [0.2, 0.25) is 5.69 Å². The van der Waals surface area contributed by atoms with E-state index in [-0.39, 0.29) is 0 Å². The number of ether oxygens (including phenoxy) is 1. The number of hydrogen-bond acceptors (Lipinski definition) is 3. The fourth-order valence-electron chi connectivity index (χ4n) is 2.32. The Morgan fingerprint density at radius 3 is 2.81 bits per heavy atom. The summed E-state index contributed by atoms with van der Waals surface area (Å²) in [6.45, 7) is 3.70. The molecular formula is C17H14N2O2. The van der Waals surface area contributed by atoms with Crippen molar-refractivity contribution in [1.29, 1.82) is 0 Å². The molecule has 21 heavy (non-hydrogen) atoms. The number of rotatable bonds is 1. The van der Waals surface area contributed by atoms with Crippen molar-refractivity contribution in [3.05, 3.63) is 64.6 Å². The predicted octanol–water partition coefficient (Wildman–Crippen LogP) is 2.27. The Labute approximate surface area is 123 Å². The maximum Gasteiger partial charge on any atom is 0.242 e. The van der Waals surface area contributed by atoms with Crippen LogP contribution >= 0.6 is 0 Å². The molecular weight excluding hydrogens is 264 g/mol. The highest BCUT2D eigenvalue weighted by molar-refractivity contribution is 6.13. The second-order valence-corrected chi connectivity index (χ2v) is 5.28. The van der Waals surface area contributed by atoms with Gasteiger partial charge in [-0.2, -0.15) is 4.73 Å². The zero-order valence-corrected chi connectivity index (χ0v) is 11.8. The van der Waals surface area contributed by atoms with Gasteiger partial charge in [-0.15, -0.1) is 6.42 Å². The molecule has 1 aromatic carbocycles. The van der Waals surface area contributed by atoms with E-state index in [1.807, 2.05) is 32.0 Å².